The number of nitro groups is 1. The second kappa shape index (κ2) is 13.7. The summed E-state index contributed by atoms with van der Waals surface area (Å²) in [4.78, 5) is 43.7. The number of hydrogen-bond acceptors (Lipinski definition) is 10. The molecule has 3 aromatic heterocycles. The molecule has 40 heavy (non-hydrogen) atoms. The standard InChI is InChI=1S/C18H20N6O3S.C7H6N4O/c19-12-15-16(13-4-6-14(7-5-13)24(26)27)22-28-17(15)21-18(25)20-8-3-11-23-9-1-2-10-23;12-7(10-3-1-8-5-10)11-4-2-9-6-11/h4-7H,1-3,8-11H2,(H2,20,21,25);1-6H. The lowest BCUT2D eigenvalue weighted by Crippen LogP contribution is -2.31. The fraction of sp³-hybridized carbons (Fsp3) is 0.280. The number of urea groups is 1. The number of non-ortho nitro benzene ring substituents is 1. The molecule has 0 aliphatic carbocycles. The molecule has 1 aromatic carbocycles. The number of rotatable bonds is 7. The van der Waals surface area contributed by atoms with Gasteiger partial charge >= 0.3 is 12.1 Å². The van der Waals surface area contributed by atoms with E-state index in [4.69, 9.17) is 0 Å². The van der Waals surface area contributed by atoms with Crippen LogP contribution >= 0.6 is 11.5 Å². The molecule has 15 heteroatoms. The third kappa shape index (κ3) is 7.34. The molecule has 0 radical (unpaired) electrons. The Kier molecular flexibility index (Phi) is 9.64. The largest absolute Gasteiger partial charge is 0.338 e. The van der Waals surface area contributed by atoms with Crippen LogP contribution in [0.3, 0.4) is 0 Å². The van der Waals surface area contributed by atoms with Gasteiger partial charge in [0.05, 0.1) is 4.92 Å². The maximum absolute atomic E-state index is 12.1. The first kappa shape index (κ1) is 28.1. The fourth-order valence-electron chi connectivity index (χ4n) is 3.95. The summed E-state index contributed by atoms with van der Waals surface area (Å²) in [5, 5.41) is 26.1. The smallest absolute Gasteiger partial charge is 0.338 e. The monoisotopic (exact) mass is 562 g/mol. The lowest BCUT2D eigenvalue weighted by atomic mass is 10.1. The first-order valence-corrected chi connectivity index (χ1v) is 13.2. The van der Waals surface area contributed by atoms with Crippen LogP contribution in [0.15, 0.2) is 61.7 Å². The predicted molar refractivity (Wildman–Crippen MR) is 147 cm³/mol. The summed E-state index contributed by atoms with van der Waals surface area (Å²) in [6, 6.07) is 7.28. The van der Waals surface area contributed by atoms with Crippen molar-refractivity contribution in [3.63, 3.8) is 0 Å². The SMILES string of the molecule is N#Cc1c(-c2ccc([N+](=O)[O-])cc2)nsc1NC(=O)NCCCN1CCCC1.O=C(n1ccnc1)n1ccnc1. The molecule has 0 atom stereocenters. The number of nitrogens with zero attached hydrogens (tertiary/aromatic N) is 8. The van der Waals surface area contributed by atoms with E-state index < -0.39 is 4.92 Å². The van der Waals surface area contributed by atoms with Crippen LogP contribution in [-0.2, 0) is 0 Å². The molecule has 1 aliphatic rings. The highest BCUT2D eigenvalue weighted by molar-refractivity contribution is 7.11. The number of likely N-dealkylation sites (tertiary alicyclic amines) is 1. The highest BCUT2D eigenvalue weighted by atomic mass is 32.1. The van der Waals surface area contributed by atoms with Gasteiger partial charge in [-0.05, 0) is 62.6 Å². The summed E-state index contributed by atoms with van der Waals surface area (Å²) in [7, 11) is 0. The summed E-state index contributed by atoms with van der Waals surface area (Å²) in [5.74, 6) is 0. The third-order valence-electron chi connectivity index (χ3n) is 5.97. The maximum atomic E-state index is 12.1. The van der Waals surface area contributed by atoms with Crippen LogP contribution < -0.4 is 10.6 Å². The Labute approximate surface area is 233 Å². The second-order valence-corrected chi connectivity index (χ2v) is 9.43. The van der Waals surface area contributed by atoms with E-state index in [0.29, 0.717) is 22.8 Å². The summed E-state index contributed by atoms with van der Waals surface area (Å²) in [6.45, 7) is 3.78. The third-order valence-corrected chi connectivity index (χ3v) is 6.73. The number of carbonyl (C=O) groups excluding carboxylic acids is 2. The minimum absolute atomic E-state index is 0.0378. The molecule has 5 rings (SSSR count). The molecule has 4 heterocycles. The summed E-state index contributed by atoms with van der Waals surface area (Å²) >= 11 is 1.01. The van der Waals surface area contributed by atoms with Crippen LogP contribution in [-0.4, -0.2) is 71.5 Å². The summed E-state index contributed by atoms with van der Waals surface area (Å²) in [6.07, 6.45) is 12.5. The van der Waals surface area contributed by atoms with Gasteiger partial charge in [-0.1, -0.05) is 0 Å². The van der Waals surface area contributed by atoms with Crippen molar-refractivity contribution in [2.75, 3.05) is 31.5 Å². The van der Waals surface area contributed by atoms with Gasteiger partial charge in [-0.15, -0.1) is 0 Å². The number of aromatic nitrogens is 5. The maximum Gasteiger partial charge on any atom is 0.338 e. The molecule has 1 aliphatic heterocycles. The number of amides is 2. The highest BCUT2D eigenvalue weighted by Gasteiger charge is 2.18. The van der Waals surface area contributed by atoms with E-state index in [1.54, 1.807) is 24.8 Å². The molecule has 2 amide bonds. The molecule has 4 aromatic rings. The molecule has 206 valence electrons. The number of nitro benzene ring substituents is 1. The van der Waals surface area contributed by atoms with Gasteiger partial charge in [0, 0.05) is 49.0 Å². The van der Waals surface area contributed by atoms with Gasteiger partial charge in [-0.3, -0.25) is 24.6 Å². The molecule has 0 saturated carbocycles. The average molecular weight is 563 g/mol. The van der Waals surface area contributed by atoms with Crippen LogP contribution in [0, 0.1) is 21.4 Å². The number of benzene rings is 1. The molecular weight excluding hydrogens is 536 g/mol. The van der Waals surface area contributed by atoms with E-state index >= 15 is 0 Å². The van der Waals surface area contributed by atoms with Gasteiger partial charge in [-0.2, -0.15) is 9.64 Å². The highest BCUT2D eigenvalue weighted by Crippen LogP contribution is 2.32. The van der Waals surface area contributed by atoms with Crippen molar-refractivity contribution >= 4 is 34.3 Å². The van der Waals surface area contributed by atoms with Gasteiger partial charge < -0.3 is 10.2 Å². The van der Waals surface area contributed by atoms with E-state index in [1.807, 2.05) is 0 Å². The Bertz CT molecular complexity index is 1420. The summed E-state index contributed by atoms with van der Waals surface area (Å²) in [5.41, 5.74) is 1.18. The first-order chi connectivity index (χ1) is 19.5. The van der Waals surface area contributed by atoms with E-state index in [9.17, 15) is 25.0 Å². The molecule has 2 N–H and O–H groups in total. The molecule has 0 unspecified atom stereocenters. The normalized spacial score (nSPS) is 12.7. The quantitative estimate of drug-likeness (QED) is 0.193. The number of nitriles is 1. The molecule has 14 nitrogen and oxygen atoms in total. The van der Waals surface area contributed by atoms with Gasteiger partial charge in [0.2, 0.25) is 0 Å². The molecule has 0 bridgehead atoms. The van der Waals surface area contributed by atoms with Crippen LogP contribution in [0.5, 0.6) is 0 Å². The van der Waals surface area contributed by atoms with Crippen molar-refractivity contribution in [1.29, 1.82) is 5.26 Å². The Hall–Kier alpha value is -4.94. The lowest BCUT2D eigenvalue weighted by Gasteiger charge is -2.14. The van der Waals surface area contributed by atoms with Crippen LogP contribution in [0.2, 0.25) is 0 Å². The van der Waals surface area contributed by atoms with Crippen molar-refractivity contribution in [3.8, 4) is 17.3 Å². The first-order valence-electron chi connectivity index (χ1n) is 12.4. The summed E-state index contributed by atoms with van der Waals surface area (Å²) < 4.78 is 6.99. The van der Waals surface area contributed by atoms with Crippen molar-refractivity contribution < 1.29 is 14.5 Å². The number of carbonyl (C=O) groups is 2. The molecular formula is C25H26N10O4S. The van der Waals surface area contributed by atoms with Gasteiger partial charge in [-0.25, -0.2) is 19.6 Å². The average Bonchev–Trinajstić information content (AvgIpc) is 3.79. The van der Waals surface area contributed by atoms with Crippen LogP contribution in [0.1, 0.15) is 24.8 Å². The Balaban J connectivity index is 0.000000255. The van der Waals surface area contributed by atoms with E-state index in [0.717, 1.165) is 37.6 Å². The van der Waals surface area contributed by atoms with Gasteiger partial charge in [0.1, 0.15) is 35.0 Å². The number of nitrogens with one attached hydrogen (secondary N) is 2. The molecule has 1 saturated heterocycles. The van der Waals surface area contributed by atoms with Gasteiger partial charge in [0.25, 0.3) is 5.69 Å². The number of imidazole rings is 2. The Morgan fingerprint density at radius 1 is 1.07 bits per heavy atom. The van der Waals surface area contributed by atoms with Crippen molar-refractivity contribution in [2.45, 2.75) is 19.3 Å². The molecule has 1 fully saturated rings. The van der Waals surface area contributed by atoms with Crippen LogP contribution in [0.25, 0.3) is 11.3 Å². The fourth-order valence-corrected chi connectivity index (χ4v) is 4.70. The zero-order valence-electron chi connectivity index (χ0n) is 21.3. The van der Waals surface area contributed by atoms with Crippen molar-refractivity contribution in [3.05, 3.63) is 77.4 Å². The van der Waals surface area contributed by atoms with Crippen LogP contribution in [0.4, 0.5) is 20.3 Å². The van der Waals surface area contributed by atoms with Gasteiger partial charge in [0.15, 0.2) is 0 Å². The van der Waals surface area contributed by atoms with Crippen molar-refractivity contribution in [2.24, 2.45) is 0 Å². The number of anilines is 1. The van der Waals surface area contributed by atoms with E-state index in [2.05, 4.69) is 35.9 Å². The van der Waals surface area contributed by atoms with Crippen molar-refractivity contribution in [1.82, 2.24) is 33.7 Å². The number of hydrogen-bond donors (Lipinski definition) is 2. The second-order valence-electron chi connectivity index (χ2n) is 8.66. The zero-order valence-corrected chi connectivity index (χ0v) is 22.2. The predicted octanol–water partition coefficient (Wildman–Crippen LogP) is 3.79. The zero-order chi connectivity index (χ0) is 28.3. The van der Waals surface area contributed by atoms with E-state index in [1.165, 1.54) is 58.9 Å². The molecule has 0 spiro atoms. The minimum atomic E-state index is -0.489. The lowest BCUT2D eigenvalue weighted by molar-refractivity contribution is -0.384. The Morgan fingerprint density at radius 3 is 2.27 bits per heavy atom. The van der Waals surface area contributed by atoms with E-state index in [-0.39, 0.29) is 23.3 Å². The topological polar surface area (TPSA) is 177 Å². The Morgan fingerprint density at radius 2 is 1.73 bits per heavy atom. The minimum Gasteiger partial charge on any atom is -0.338 e.